The Morgan fingerprint density at radius 1 is 1.15 bits per heavy atom. The number of para-hydroxylation sites is 2. The normalized spacial score (nSPS) is 12.0. The number of carbonyl (C=O) groups is 1. The van der Waals surface area contributed by atoms with E-state index in [4.69, 9.17) is 18.7 Å². The lowest BCUT2D eigenvalue weighted by Gasteiger charge is -2.08. The predicted octanol–water partition coefficient (Wildman–Crippen LogP) is 3.26. The highest BCUT2D eigenvalue weighted by atomic mass is 16.7. The number of nitrogens with one attached hydrogen (secondary N) is 1. The quantitative estimate of drug-likeness (QED) is 0.759. The van der Waals surface area contributed by atoms with Crippen molar-refractivity contribution in [1.29, 1.82) is 0 Å². The monoisotopic (exact) mass is 352 g/mol. The van der Waals surface area contributed by atoms with Gasteiger partial charge in [0.1, 0.15) is 5.75 Å². The van der Waals surface area contributed by atoms with Gasteiger partial charge in [-0.2, -0.15) is 0 Å². The second kappa shape index (κ2) is 6.79. The van der Waals surface area contributed by atoms with Crippen LogP contribution in [0.3, 0.4) is 0 Å². The molecule has 1 aliphatic heterocycles. The molecule has 1 aromatic heterocycles. The molecule has 0 radical (unpaired) electrons. The molecule has 0 spiro atoms. The van der Waals surface area contributed by atoms with E-state index in [-0.39, 0.29) is 19.1 Å². The van der Waals surface area contributed by atoms with Gasteiger partial charge in [0.15, 0.2) is 17.3 Å². The third-order valence-corrected chi connectivity index (χ3v) is 3.94. The van der Waals surface area contributed by atoms with Crippen molar-refractivity contribution < 1.29 is 23.5 Å². The van der Waals surface area contributed by atoms with Gasteiger partial charge in [-0.3, -0.25) is 4.79 Å². The van der Waals surface area contributed by atoms with E-state index in [0.29, 0.717) is 34.4 Å². The highest BCUT2D eigenvalue weighted by molar-refractivity contribution is 5.93. The van der Waals surface area contributed by atoms with Gasteiger partial charge < -0.3 is 24.1 Å². The average Bonchev–Trinajstić information content (AvgIpc) is 3.30. The summed E-state index contributed by atoms with van der Waals surface area (Å²) in [6.07, 6.45) is 0.0894. The van der Waals surface area contributed by atoms with Gasteiger partial charge in [0.2, 0.25) is 12.7 Å². The first kappa shape index (κ1) is 16.0. The Hall–Kier alpha value is -3.48. The van der Waals surface area contributed by atoms with Crippen LogP contribution in [0.15, 0.2) is 53.1 Å². The molecule has 132 valence electrons. The smallest absolute Gasteiger partial charge is 0.231 e. The first-order valence-corrected chi connectivity index (χ1v) is 8.01. The first-order chi connectivity index (χ1) is 12.7. The lowest BCUT2D eigenvalue weighted by atomic mass is 10.1. The number of fused-ring (bicyclic) bond motifs is 1. The Balaban J connectivity index is 1.46. The summed E-state index contributed by atoms with van der Waals surface area (Å²) in [4.78, 5) is 12.3. The first-order valence-electron chi connectivity index (χ1n) is 8.01. The number of methoxy groups -OCH3 is 1. The standard InChI is InChI=1S/C19H16N2O5/c1-23-15-5-3-2-4-14(15)20-19(22)10-13-9-17(26-21-13)12-6-7-16-18(8-12)25-11-24-16/h2-9H,10-11H2,1H3,(H,20,22). The highest BCUT2D eigenvalue weighted by Gasteiger charge is 2.17. The number of rotatable bonds is 5. The summed E-state index contributed by atoms with van der Waals surface area (Å²) in [5.41, 5.74) is 1.95. The molecular formula is C19H16N2O5. The molecule has 0 saturated heterocycles. The zero-order valence-electron chi connectivity index (χ0n) is 14.0. The van der Waals surface area contributed by atoms with E-state index in [2.05, 4.69) is 10.5 Å². The second-order valence-corrected chi connectivity index (χ2v) is 5.68. The van der Waals surface area contributed by atoms with Crippen LogP contribution in [0.2, 0.25) is 0 Å². The maximum Gasteiger partial charge on any atom is 0.231 e. The van der Waals surface area contributed by atoms with Crippen LogP contribution in [0.1, 0.15) is 5.69 Å². The number of hydrogen-bond donors (Lipinski definition) is 1. The minimum absolute atomic E-state index is 0.0894. The molecule has 1 amide bonds. The van der Waals surface area contributed by atoms with Crippen LogP contribution in [0.4, 0.5) is 5.69 Å². The molecule has 7 heteroatoms. The number of aromatic nitrogens is 1. The molecule has 3 aromatic rings. The van der Waals surface area contributed by atoms with Crippen LogP contribution < -0.4 is 19.5 Å². The van der Waals surface area contributed by atoms with Crippen LogP contribution in [0, 0.1) is 0 Å². The van der Waals surface area contributed by atoms with Crippen molar-refractivity contribution in [3.05, 3.63) is 54.2 Å². The summed E-state index contributed by atoms with van der Waals surface area (Å²) in [7, 11) is 1.56. The number of hydrogen-bond acceptors (Lipinski definition) is 6. The Kier molecular flexibility index (Phi) is 4.18. The molecule has 4 rings (SSSR count). The van der Waals surface area contributed by atoms with Crippen LogP contribution in [-0.4, -0.2) is 25.0 Å². The van der Waals surface area contributed by atoms with Gasteiger partial charge in [-0.25, -0.2) is 0 Å². The Morgan fingerprint density at radius 3 is 2.88 bits per heavy atom. The van der Waals surface area contributed by atoms with Crippen LogP contribution in [0.5, 0.6) is 17.2 Å². The van der Waals surface area contributed by atoms with E-state index in [9.17, 15) is 4.79 Å². The van der Waals surface area contributed by atoms with E-state index in [1.807, 2.05) is 30.3 Å². The third kappa shape index (κ3) is 3.19. The fraction of sp³-hybridized carbons (Fsp3) is 0.158. The fourth-order valence-corrected chi connectivity index (χ4v) is 2.69. The van der Waals surface area contributed by atoms with Crippen LogP contribution >= 0.6 is 0 Å². The molecule has 2 heterocycles. The molecule has 7 nitrogen and oxygen atoms in total. The Bertz CT molecular complexity index is 951. The van der Waals surface area contributed by atoms with Gasteiger partial charge in [0, 0.05) is 11.6 Å². The van der Waals surface area contributed by atoms with Crippen molar-refractivity contribution in [1.82, 2.24) is 5.16 Å². The molecule has 0 atom stereocenters. The molecule has 0 aliphatic carbocycles. The van der Waals surface area contributed by atoms with E-state index in [1.54, 1.807) is 25.3 Å². The summed E-state index contributed by atoms with van der Waals surface area (Å²) in [6, 6.07) is 14.4. The number of benzene rings is 2. The SMILES string of the molecule is COc1ccccc1NC(=O)Cc1cc(-c2ccc3c(c2)OCO3)on1. The van der Waals surface area contributed by atoms with Gasteiger partial charge in [0.25, 0.3) is 0 Å². The van der Waals surface area contributed by atoms with Crippen molar-refractivity contribution >= 4 is 11.6 Å². The molecule has 26 heavy (non-hydrogen) atoms. The van der Waals surface area contributed by atoms with E-state index < -0.39 is 0 Å². The summed E-state index contributed by atoms with van der Waals surface area (Å²) in [5, 5.41) is 6.78. The number of ether oxygens (including phenoxy) is 3. The number of nitrogens with zero attached hydrogens (tertiary/aromatic N) is 1. The molecular weight excluding hydrogens is 336 g/mol. The Labute approximate surface area is 149 Å². The number of amides is 1. The number of anilines is 1. The van der Waals surface area contributed by atoms with Crippen molar-refractivity contribution in [2.45, 2.75) is 6.42 Å². The lowest BCUT2D eigenvalue weighted by molar-refractivity contribution is -0.115. The minimum atomic E-state index is -0.208. The van der Waals surface area contributed by atoms with Crippen molar-refractivity contribution in [3.63, 3.8) is 0 Å². The van der Waals surface area contributed by atoms with E-state index in [1.165, 1.54) is 0 Å². The predicted molar refractivity (Wildman–Crippen MR) is 93.4 cm³/mol. The van der Waals surface area contributed by atoms with Crippen LogP contribution in [-0.2, 0) is 11.2 Å². The molecule has 0 unspecified atom stereocenters. The zero-order chi connectivity index (χ0) is 17.9. The van der Waals surface area contributed by atoms with E-state index in [0.717, 1.165) is 5.56 Å². The molecule has 0 bridgehead atoms. The summed E-state index contributed by atoms with van der Waals surface area (Å²) < 4.78 is 21.2. The van der Waals surface area contributed by atoms with Gasteiger partial charge >= 0.3 is 0 Å². The van der Waals surface area contributed by atoms with E-state index >= 15 is 0 Å². The average molecular weight is 352 g/mol. The van der Waals surface area contributed by atoms with Gasteiger partial charge in [-0.15, -0.1) is 0 Å². The lowest BCUT2D eigenvalue weighted by Crippen LogP contribution is -2.15. The summed E-state index contributed by atoms with van der Waals surface area (Å²) in [6.45, 7) is 0.212. The Morgan fingerprint density at radius 2 is 2.00 bits per heavy atom. The summed E-state index contributed by atoms with van der Waals surface area (Å²) >= 11 is 0. The van der Waals surface area contributed by atoms with Crippen molar-refractivity contribution in [3.8, 4) is 28.6 Å². The molecule has 1 aliphatic rings. The molecule has 2 aromatic carbocycles. The maximum absolute atomic E-state index is 12.3. The molecule has 0 fully saturated rings. The molecule has 0 saturated carbocycles. The fourth-order valence-electron chi connectivity index (χ4n) is 2.69. The zero-order valence-corrected chi connectivity index (χ0v) is 14.0. The van der Waals surface area contributed by atoms with Gasteiger partial charge in [0.05, 0.1) is 24.9 Å². The highest BCUT2D eigenvalue weighted by Crippen LogP contribution is 2.36. The van der Waals surface area contributed by atoms with Crippen molar-refractivity contribution in [2.75, 3.05) is 19.2 Å². The van der Waals surface area contributed by atoms with Crippen molar-refractivity contribution in [2.24, 2.45) is 0 Å². The number of carbonyl (C=O) groups excluding carboxylic acids is 1. The topological polar surface area (TPSA) is 82.8 Å². The second-order valence-electron chi connectivity index (χ2n) is 5.68. The van der Waals surface area contributed by atoms with Crippen LogP contribution in [0.25, 0.3) is 11.3 Å². The molecule has 1 N–H and O–H groups in total. The van der Waals surface area contributed by atoms with Gasteiger partial charge in [-0.05, 0) is 30.3 Å². The largest absolute Gasteiger partial charge is 0.495 e. The maximum atomic E-state index is 12.3. The minimum Gasteiger partial charge on any atom is -0.495 e. The third-order valence-electron chi connectivity index (χ3n) is 3.94. The van der Waals surface area contributed by atoms with Gasteiger partial charge in [-0.1, -0.05) is 17.3 Å². The summed E-state index contributed by atoms with van der Waals surface area (Å²) in [5.74, 6) is 2.31.